The van der Waals surface area contributed by atoms with Crippen molar-refractivity contribution in [2.45, 2.75) is 31.4 Å². The lowest BCUT2D eigenvalue weighted by atomic mass is 9.92. The maximum absolute atomic E-state index is 13.1. The van der Waals surface area contributed by atoms with Gasteiger partial charge in [-0.1, -0.05) is 30.3 Å². The zero-order valence-corrected chi connectivity index (χ0v) is 17.9. The molecule has 2 N–H and O–H groups in total. The third kappa shape index (κ3) is 4.33. The molecule has 2 aromatic rings. The van der Waals surface area contributed by atoms with E-state index in [0.717, 1.165) is 21.6 Å². The Balaban J connectivity index is 1.34. The first-order valence-electron chi connectivity index (χ1n) is 10.4. The molecule has 4 amide bonds. The molecule has 10 heteroatoms. The van der Waals surface area contributed by atoms with Gasteiger partial charge >= 0.3 is 12.6 Å². The van der Waals surface area contributed by atoms with Crippen LogP contribution in [0.5, 0.6) is 11.5 Å². The molecule has 2 aromatic carbocycles. The van der Waals surface area contributed by atoms with Gasteiger partial charge < -0.3 is 20.1 Å². The number of alkyl halides is 2. The number of fused-ring (bicyclic) bond motifs is 2. The average Bonchev–Trinajstić information content (AvgIpc) is 3.27. The molecule has 0 saturated carbocycles. The summed E-state index contributed by atoms with van der Waals surface area (Å²) < 4.78 is 34.3. The number of halogens is 2. The van der Waals surface area contributed by atoms with Crippen molar-refractivity contribution in [1.82, 2.24) is 15.5 Å². The highest BCUT2D eigenvalue weighted by Crippen LogP contribution is 2.41. The summed E-state index contributed by atoms with van der Waals surface area (Å²) in [6.45, 7) is -3.14. The third-order valence-corrected chi connectivity index (χ3v) is 5.90. The average molecular weight is 459 g/mol. The van der Waals surface area contributed by atoms with Crippen LogP contribution in [0.2, 0.25) is 0 Å². The van der Waals surface area contributed by atoms with Gasteiger partial charge in [-0.05, 0) is 48.1 Å². The molecular formula is C23H23F2N3O5. The largest absolute Gasteiger partial charge is 0.493 e. The van der Waals surface area contributed by atoms with E-state index < -0.39 is 30.0 Å². The molecule has 1 fully saturated rings. The number of carbonyl (C=O) groups is 3. The van der Waals surface area contributed by atoms with Crippen molar-refractivity contribution in [2.75, 3.05) is 20.2 Å². The Kier molecular flexibility index (Phi) is 6.17. The molecule has 174 valence electrons. The van der Waals surface area contributed by atoms with E-state index in [2.05, 4.69) is 15.4 Å². The predicted molar refractivity (Wildman–Crippen MR) is 113 cm³/mol. The lowest BCUT2D eigenvalue weighted by Crippen LogP contribution is -2.44. The van der Waals surface area contributed by atoms with Crippen LogP contribution < -0.4 is 20.1 Å². The first-order chi connectivity index (χ1) is 15.8. The zero-order chi connectivity index (χ0) is 23.6. The minimum Gasteiger partial charge on any atom is -0.493 e. The highest BCUT2D eigenvalue weighted by atomic mass is 19.3. The summed E-state index contributed by atoms with van der Waals surface area (Å²) in [4.78, 5) is 39.0. The van der Waals surface area contributed by atoms with Gasteiger partial charge in [-0.25, -0.2) is 4.79 Å². The minimum absolute atomic E-state index is 0.0822. The normalized spacial score (nSPS) is 19.1. The second-order valence-electron chi connectivity index (χ2n) is 7.85. The maximum Gasteiger partial charge on any atom is 0.387 e. The number of ether oxygens (including phenoxy) is 2. The fourth-order valence-electron chi connectivity index (χ4n) is 4.34. The molecule has 1 unspecified atom stereocenters. The van der Waals surface area contributed by atoms with Crippen molar-refractivity contribution in [2.24, 2.45) is 0 Å². The van der Waals surface area contributed by atoms with E-state index in [1.807, 2.05) is 24.3 Å². The molecule has 1 atom stereocenters. The van der Waals surface area contributed by atoms with Gasteiger partial charge in [0, 0.05) is 6.54 Å². The number of nitrogens with zero attached hydrogens (tertiary/aromatic N) is 1. The fourth-order valence-corrected chi connectivity index (χ4v) is 4.34. The van der Waals surface area contributed by atoms with Crippen molar-refractivity contribution in [3.63, 3.8) is 0 Å². The number of rotatable bonds is 8. The van der Waals surface area contributed by atoms with Crippen LogP contribution in [-0.4, -0.2) is 49.6 Å². The van der Waals surface area contributed by atoms with Gasteiger partial charge in [0.15, 0.2) is 11.5 Å². The molecule has 2 aliphatic rings. The lowest BCUT2D eigenvalue weighted by Gasteiger charge is -2.22. The molecule has 0 radical (unpaired) electrons. The standard InChI is InChI=1S/C23H23F2N3O5/c1-32-18-12-14(6-7-17(18)33-21(24)25)9-11-26-19(29)13-28-20(30)23(27-22(28)31)10-8-15-4-2-3-5-16(15)23/h2-7,12,21H,8-11,13H2,1H3,(H,26,29)(H,27,31). The quantitative estimate of drug-likeness (QED) is 0.591. The van der Waals surface area contributed by atoms with Crippen LogP contribution in [0.25, 0.3) is 0 Å². The van der Waals surface area contributed by atoms with Crippen molar-refractivity contribution in [3.05, 3.63) is 59.2 Å². The Bertz CT molecular complexity index is 1090. The molecule has 1 aliphatic carbocycles. The number of urea groups is 1. The Hall–Kier alpha value is -3.69. The van der Waals surface area contributed by atoms with E-state index in [4.69, 9.17) is 4.74 Å². The fraction of sp³-hybridized carbons (Fsp3) is 0.348. The summed E-state index contributed by atoms with van der Waals surface area (Å²) in [7, 11) is 1.34. The van der Waals surface area contributed by atoms with Crippen LogP contribution in [0.15, 0.2) is 42.5 Å². The predicted octanol–water partition coefficient (Wildman–Crippen LogP) is 2.35. The lowest BCUT2D eigenvalue weighted by molar-refractivity contribution is -0.135. The van der Waals surface area contributed by atoms with Gasteiger partial charge in [-0.2, -0.15) is 8.78 Å². The summed E-state index contributed by atoms with van der Waals surface area (Å²) >= 11 is 0. The second-order valence-corrected chi connectivity index (χ2v) is 7.85. The van der Waals surface area contributed by atoms with Gasteiger partial charge in [0.2, 0.25) is 5.91 Å². The molecule has 1 saturated heterocycles. The van der Waals surface area contributed by atoms with E-state index in [0.29, 0.717) is 19.3 Å². The van der Waals surface area contributed by atoms with Crippen molar-refractivity contribution in [3.8, 4) is 11.5 Å². The monoisotopic (exact) mass is 459 g/mol. The van der Waals surface area contributed by atoms with Gasteiger partial charge in [0.05, 0.1) is 7.11 Å². The number of aryl methyl sites for hydroxylation is 1. The molecular weight excluding hydrogens is 436 g/mol. The molecule has 0 bridgehead atoms. The first kappa shape index (κ1) is 22.5. The molecule has 1 heterocycles. The number of hydrogen-bond donors (Lipinski definition) is 2. The number of methoxy groups -OCH3 is 1. The summed E-state index contributed by atoms with van der Waals surface area (Å²) in [5.74, 6) is -0.833. The van der Waals surface area contributed by atoms with Crippen LogP contribution in [-0.2, 0) is 28.0 Å². The van der Waals surface area contributed by atoms with Crippen LogP contribution in [0.1, 0.15) is 23.1 Å². The highest BCUT2D eigenvalue weighted by Gasteiger charge is 2.55. The van der Waals surface area contributed by atoms with Crippen molar-refractivity contribution < 1.29 is 32.6 Å². The van der Waals surface area contributed by atoms with Crippen molar-refractivity contribution >= 4 is 17.8 Å². The van der Waals surface area contributed by atoms with Crippen LogP contribution in [0.4, 0.5) is 13.6 Å². The SMILES string of the molecule is COc1cc(CCNC(=O)CN2C(=O)NC3(CCc4ccccc43)C2=O)ccc1OC(F)F. The number of amides is 4. The molecule has 8 nitrogen and oxygen atoms in total. The smallest absolute Gasteiger partial charge is 0.387 e. The topological polar surface area (TPSA) is 97.0 Å². The van der Waals surface area contributed by atoms with E-state index >= 15 is 0 Å². The molecule has 1 aliphatic heterocycles. The molecule has 1 spiro atoms. The summed E-state index contributed by atoms with van der Waals surface area (Å²) in [5, 5.41) is 5.46. The van der Waals surface area contributed by atoms with E-state index in [1.54, 1.807) is 12.1 Å². The first-order valence-corrected chi connectivity index (χ1v) is 10.4. The Morgan fingerprint density at radius 1 is 1.21 bits per heavy atom. The summed E-state index contributed by atoms with van der Waals surface area (Å²) in [6.07, 6.45) is 1.52. The zero-order valence-electron chi connectivity index (χ0n) is 17.9. The van der Waals surface area contributed by atoms with Crippen LogP contribution in [0.3, 0.4) is 0 Å². The molecule has 4 rings (SSSR count). The molecule has 33 heavy (non-hydrogen) atoms. The highest BCUT2D eigenvalue weighted by molar-refractivity contribution is 6.09. The van der Waals surface area contributed by atoms with Gasteiger partial charge in [0.25, 0.3) is 5.91 Å². The Morgan fingerprint density at radius 2 is 2.00 bits per heavy atom. The number of benzene rings is 2. The summed E-state index contributed by atoms with van der Waals surface area (Å²) in [5.41, 5.74) is 1.41. The number of nitrogens with one attached hydrogen (secondary N) is 2. The molecule has 0 aromatic heterocycles. The van der Waals surface area contributed by atoms with Crippen LogP contribution >= 0.6 is 0 Å². The second kappa shape index (κ2) is 9.05. The number of hydrogen-bond acceptors (Lipinski definition) is 5. The Morgan fingerprint density at radius 3 is 2.76 bits per heavy atom. The van der Waals surface area contributed by atoms with E-state index in [-0.39, 0.29) is 24.6 Å². The maximum atomic E-state index is 13.1. The van der Waals surface area contributed by atoms with E-state index in [1.165, 1.54) is 13.2 Å². The third-order valence-electron chi connectivity index (χ3n) is 5.90. The van der Waals surface area contributed by atoms with Gasteiger partial charge in [-0.3, -0.25) is 14.5 Å². The number of imide groups is 1. The van der Waals surface area contributed by atoms with Crippen molar-refractivity contribution in [1.29, 1.82) is 0 Å². The Labute approximate surface area is 188 Å². The van der Waals surface area contributed by atoms with E-state index in [9.17, 15) is 23.2 Å². The van der Waals surface area contributed by atoms with Gasteiger partial charge in [0.1, 0.15) is 12.1 Å². The number of carbonyl (C=O) groups excluding carboxylic acids is 3. The summed E-state index contributed by atoms with van der Waals surface area (Å²) in [6, 6.07) is 11.4. The van der Waals surface area contributed by atoms with Crippen LogP contribution in [0, 0.1) is 0 Å². The van der Waals surface area contributed by atoms with Gasteiger partial charge in [-0.15, -0.1) is 0 Å². The minimum atomic E-state index is -2.97.